The summed E-state index contributed by atoms with van der Waals surface area (Å²) in [6, 6.07) is 13.3. The highest BCUT2D eigenvalue weighted by Gasteiger charge is 2.33. The van der Waals surface area contributed by atoms with Crippen LogP contribution in [0.1, 0.15) is 36.4 Å². The molecule has 0 spiro atoms. The first-order valence-electron chi connectivity index (χ1n) is 8.07. The number of aliphatic carboxylic acids is 1. The summed E-state index contributed by atoms with van der Waals surface area (Å²) in [5.74, 6) is -1.84. The van der Waals surface area contributed by atoms with Gasteiger partial charge in [-0.3, -0.25) is 9.59 Å². The van der Waals surface area contributed by atoms with Gasteiger partial charge in [-0.1, -0.05) is 46.3 Å². The minimum absolute atomic E-state index is 0.156. The van der Waals surface area contributed by atoms with E-state index in [1.165, 1.54) is 11.1 Å². The van der Waals surface area contributed by atoms with Gasteiger partial charge >= 0.3 is 5.97 Å². The lowest BCUT2D eigenvalue weighted by Crippen LogP contribution is -2.27. The fraction of sp³-hybridized carbons (Fsp3) is 0.211. The van der Waals surface area contributed by atoms with Crippen LogP contribution in [0.2, 0.25) is 0 Å². The van der Waals surface area contributed by atoms with Gasteiger partial charge in [0.15, 0.2) is 0 Å². The molecule has 2 aromatic rings. The summed E-state index contributed by atoms with van der Waals surface area (Å²) in [6.45, 7) is 0. The van der Waals surface area contributed by atoms with E-state index in [0.717, 1.165) is 10.0 Å². The van der Waals surface area contributed by atoms with E-state index in [1.54, 1.807) is 18.2 Å². The van der Waals surface area contributed by atoms with E-state index in [2.05, 4.69) is 21.0 Å². The highest BCUT2D eigenvalue weighted by Crippen LogP contribution is 2.34. The molecule has 0 aromatic heterocycles. The first-order valence-corrected chi connectivity index (χ1v) is 8.86. The van der Waals surface area contributed by atoms with Crippen molar-refractivity contribution in [3.63, 3.8) is 0 Å². The van der Waals surface area contributed by atoms with Crippen LogP contribution in [0, 0.1) is 5.82 Å². The molecule has 1 aliphatic rings. The number of hydrogen-bond acceptors (Lipinski definition) is 3. The lowest BCUT2D eigenvalue weighted by molar-refractivity contribution is -0.141. The average Bonchev–Trinajstić information content (AvgIpc) is 3.06. The molecule has 0 saturated heterocycles. The summed E-state index contributed by atoms with van der Waals surface area (Å²) in [6.07, 6.45) is -0.0647. The Morgan fingerprint density at radius 3 is 2.50 bits per heavy atom. The number of hydrogen-bond donors (Lipinski definition) is 1. The van der Waals surface area contributed by atoms with Gasteiger partial charge in [0.1, 0.15) is 5.82 Å². The number of nitrogens with zero attached hydrogens (tertiary/aromatic N) is 2. The number of carbonyl (C=O) groups is 2. The number of rotatable bonds is 5. The summed E-state index contributed by atoms with van der Waals surface area (Å²) in [5, 5.41) is 14.4. The van der Waals surface area contributed by atoms with E-state index in [1.807, 2.05) is 24.3 Å². The van der Waals surface area contributed by atoms with Crippen molar-refractivity contribution < 1.29 is 19.1 Å². The Hall–Kier alpha value is -2.54. The van der Waals surface area contributed by atoms with Crippen molar-refractivity contribution in [2.45, 2.75) is 25.3 Å². The molecule has 1 aliphatic heterocycles. The molecule has 1 atom stereocenters. The number of carboxylic acids is 1. The van der Waals surface area contributed by atoms with E-state index >= 15 is 0 Å². The normalized spacial score (nSPS) is 16.5. The highest BCUT2D eigenvalue weighted by molar-refractivity contribution is 9.10. The third-order valence-corrected chi connectivity index (χ3v) is 4.69. The minimum atomic E-state index is -1.05. The van der Waals surface area contributed by atoms with Crippen molar-refractivity contribution in [1.82, 2.24) is 5.01 Å². The molecule has 0 radical (unpaired) electrons. The maximum atomic E-state index is 14.1. The van der Waals surface area contributed by atoms with Crippen LogP contribution in [-0.4, -0.2) is 27.7 Å². The topological polar surface area (TPSA) is 70.0 Å². The van der Waals surface area contributed by atoms with Crippen molar-refractivity contribution >= 4 is 33.5 Å². The Morgan fingerprint density at radius 1 is 1.15 bits per heavy atom. The van der Waals surface area contributed by atoms with Crippen molar-refractivity contribution in [3.8, 4) is 0 Å². The Balaban J connectivity index is 1.93. The SMILES string of the molecule is O=C(O)CCC(=O)N1N=C(c2ccccc2F)C[C@@H]1c1ccc(Br)cc1. The number of amides is 1. The Bertz CT molecular complexity index is 867. The first-order chi connectivity index (χ1) is 12.5. The third-order valence-electron chi connectivity index (χ3n) is 4.16. The number of carbonyl (C=O) groups excluding carboxylic acids is 1. The van der Waals surface area contributed by atoms with Crippen molar-refractivity contribution in [3.05, 3.63) is 69.9 Å². The summed E-state index contributed by atoms with van der Waals surface area (Å²) in [7, 11) is 0. The Labute approximate surface area is 158 Å². The average molecular weight is 419 g/mol. The molecule has 2 aromatic carbocycles. The zero-order valence-electron chi connectivity index (χ0n) is 13.7. The fourth-order valence-electron chi connectivity index (χ4n) is 2.87. The molecule has 0 aliphatic carbocycles. The number of hydrazone groups is 1. The molecule has 7 heteroatoms. The maximum absolute atomic E-state index is 14.1. The van der Waals surface area contributed by atoms with Crippen molar-refractivity contribution in [2.75, 3.05) is 0 Å². The van der Waals surface area contributed by atoms with Crippen LogP contribution in [0.5, 0.6) is 0 Å². The molecule has 1 N–H and O–H groups in total. The monoisotopic (exact) mass is 418 g/mol. The second-order valence-electron chi connectivity index (χ2n) is 5.93. The van der Waals surface area contributed by atoms with Gasteiger partial charge in [0, 0.05) is 22.9 Å². The second kappa shape index (κ2) is 7.78. The van der Waals surface area contributed by atoms with Crippen LogP contribution in [0.4, 0.5) is 4.39 Å². The van der Waals surface area contributed by atoms with Gasteiger partial charge in [-0.25, -0.2) is 9.40 Å². The van der Waals surface area contributed by atoms with Crippen LogP contribution in [0.15, 0.2) is 58.1 Å². The third kappa shape index (κ3) is 3.99. The van der Waals surface area contributed by atoms with E-state index in [0.29, 0.717) is 17.7 Å². The molecule has 0 saturated carbocycles. The summed E-state index contributed by atoms with van der Waals surface area (Å²) < 4.78 is 15.0. The van der Waals surface area contributed by atoms with Crippen LogP contribution < -0.4 is 0 Å². The van der Waals surface area contributed by atoms with Gasteiger partial charge in [0.25, 0.3) is 0 Å². The molecule has 1 heterocycles. The number of benzene rings is 2. The summed E-state index contributed by atoms with van der Waals surface area (Å²) >= 11 is 3.37. The lowest BCUT2D eigenvalue weighted by Gasteiger charge is -2.22. The minimum Gasteiger partial charge on any atom is -0.481 e. The molecule has 1 amide bonds. The summed E-state index contributed by atoms with van der Waals surface area (Å²) in [4.78, 5) is 23.3. The largest absolute Gasteiger partial charge is 0.481 e. The van der Waals surface area contributed by atoms with E-state index in [-0.39, 0.29) is 18.9 Å². The van der Waals surface area contributed by atoms with Gasteiger partial charge in [0.05, 0.1) is 18.2 Å². The molecule has 0 unspecified atom stereocenters. The quantitative estimate of drug-likeness (QED) is 0.793. The molecule has 0 fully saturated rings. The van der Waals surface area contributed by atoms with E-state index in [4.69, 9.17) is 5.11 Å². The molecule has 3 rings (SSSR count). The highest BCUT2D eigenvalue weighted by atomic mass is 79.9. The smallest absolute Gasteiger partial charge is 0.303 e. The van der Waals surface area contributed by atoms with Gasteiger partial charge < -0.3 is 5.11 Å². The zero-order valence-corrected chi connectivity index (χ0v) is 15.3. The van der Waals surface area contributed by atoms with Gasteiger partial charge in [-0.2, -0.15) is 5.10 Å². The predicted molar refractivity (Wildman–Crippen MR) is 98.2 cm³/mol. The standard InChI is InChI=1S/C19H16BrFN2O3/c20-13-7-5-12(6-8-13)17-11-16(14-3-1-2-4-15(14)21)22-23(17)18(24)9-10-19(25)26/h1-8,17H,9-11H2,(H,25,26)/t17-/m1/s1. The Morgan fingerprint density at radius 2 is 1.85 bits per heavy atom. The first kappa shape index (κ1) is 18.3. The molecule has 5 nitrogen and oxygen atoms in total. The second-order valence-corrected chi connectivity index (χ2v) is 6.85. The van der Waals surface area contributed by atoms with Crippen molar-refractivity contribution in [1.29, 1.82) is 0 Å². The molecular weight excluding hydrogens is 403 g/mol. The van der Waals surface area contributed by atoms with Crippen LogP contribution in [-0.2, 0) is 9.59 Å². The fourth-order valence-corrected chi connectivity index (χ4v) is 3.14. The van der Waals surface area contributed by atoms with Crippen LogP contribution in [0.3, 0.4) is 0 Å². The van der Waals surface area contributed by atoms with Gasteiger partial charge in [0.2, 0.25) is 5.91 Å². The predicted octanol–water partition coefficient (Wildman–Crippen LogP) is 4.13. The Kier molecular flexibility index (Phi) is 5.46. The molecule has 134 valence electrons. The molecule has 26 heavy (non-hydrogen) atoms. The lowest BCUT2D eigenvalue weighted by atomic mass is 9.98. The van der Waals surface area contributed by atoms with Crippen LogP contribution in [0.25, 0.3) is 0 Å². The number of halogens is 2. The van der Waals surface area contributed by atoms with Gasteiger partial charge in [-0.15, -0.1) is 0 Å². The van der Waals surface area contributed by atoms with E-state index < -0.39 is 17.7 Å². The maximum Gasteiger partial charge on any atom is 0.303 e. The molecule has 0 bridgehead atoms. The zero-order chi connectivity index (χ0) is 18.7. The van der Waals surface area contributed by atoms with Crippen LogP contribution >= 0.6 is 15.9 Å². The number of carboxylic acid groups (broad SMARTS) is 1. The van der Waals surface area contributed by atoms with Crippen molar-refractivity contribution in [2.24, 2.45) is 5.10 Å². The van der Waals surface area contributed by atoms with E-state index in [9.17, 15) is 14.0 Å². The molecular formula is C19H16BrFN2O3. The van der Waals surface area contributed by atoms with Gasteiger partial charge in [-0.05, 0) is 23.8 Å². The summed E-state index contributed by atoms with van der Waals surface area (Å²) in [5.41, 5.74) is 1.68.